The SMILES string of the molecule is CN(C)CCCNC(=O)c1cc(NC(=O)c2ccccc2Br)ccc1N1CCCCC1. The van der Waals surface area contributed by atoms with E-state index in [-0.39, 0.29) is 11.8 Å². The van der Waals surface area contributed by atoms with E-state index in [4.69, 9.17) is 0 Å². The summed E-state index contributed by atoms with van der Waals surface area (Å²) in [5.74, 6) is -0.313. The second-order valence-corrected chi connectivity index (χ2v) is 8.98. The number of nitrogens with zero attached hydrogens (tertiary/aromatic N) is 2. The Morgan fingerprint density at radius 2 is 1.74 bits per heavy atom. The van der Waals surface area contributed by atoms with Gasteiger partial charge in [0.25, 0.3) is 11.8 Å². The third-order valence-corrected chi connectivity index (χ3v) is 6.07. The van der Waals surface area contributed by atoms with Gasteiger partial charge in [-0.3, -0.25) is 9.59 Å². The van der Waals surface area contributed by atoms with Gasteiger partial charge in [-0.1, -0.05) is 12.1 Å². The first kappa shape index (κ1) is 23.3. The summed E-state index contributed by atoms with van der Waals surface area (Å²) < 4.78 is 0.733. The minimum absolute atomic E-state index is 0.101. The predicted molar refractivity (Wildman–Crippen MR) is 130 cm³/mol. The van der Waals surface area contributed by atoms with Gasteiger partial charge in [0.1, 0.15) is 0 Å². The number of carbonyl (C=O) groups excluding carboxylic acids is 2. The second kappa shape index (κ2) is 11.3. The first-order chi connectivity index (χ1) is 15.0. The fourth-order valence-corrected chi connectivity index (χ4v) is 4.21. The van der Waals surface area contributed by atoms with Crippen molar-refractivity contribution >= 4 is 39.1 Å². The van der Waals surface area contributed by atoms with Crippen molar-refractivity contribution < 1.29 is 9.59 Å². The van der Waals surface area contributed by atoms with Crippen LogP contribution in [0.5, 0.6) is 0 Å². The molecule has 31 heavy (non-hydrogen) atoms. The van der Waals surface area contributed by atoms with Gasteiger partial charge < -0.3 is 20.4 Å². The maximum Gasteiger partial charge on any atom is 0.256 e. The van der Waals surface area contributed by atoms with E-state index >= 15 is 0 Å². The number of hydrogen-bond acceptors (Lipinski definition) is 4. The van der Waals surface area contributed by atoms with Crippen LogP contribution in [-0.4, -0.2) is 57.0 Å². The quantitative estimate of drug-likeness (QED) is 0.543. The van der Waals surface area contributed by atoms with E-state index in [0.29, 0.717) is 23.4 Å². The minimum atomic E-state index is -0.212. The van der Waals surface area contributed by atoms with Gasteiger partial charge in [0, 0.05) is 35.5 Å². The highest BCUT2D eigenvalue weighted by Crippen LogP contribution is 2.28. The fraction of sp³-hybridized carbons (Fsp3) is 0.417. The van der Waals surface area contributed by atoms with Crippen LogP contribution in [0.25, 0.3) is 0 Å². The van der Waals surface area contributed by atoms with Crippen LogP contribution >= 0.6 is 15.9 Å². The molecule has 0 unspecified atom stereocenters. The maximum absolute atomic E-state index is 13.0. The summed E-state index contributed by atoms with van der Waals surface area (Å²) in [6.45, 7) is 3.43. The number of hydrogen-bond donors (Lipinski definition) is 2. The monoisotopic (exact) mass is 486 g/mol. The molecule has 0 atom stereocenters. The van der Waals surface area contributed by atoms with Gasteiger partial charge in [0.05, 0.1) is 11.1 Å². The number of benzene rings is 2. The number of piperidine rings is 1. The summed E-state index contributed by atoms with van der Waals surface area (Å²) in [6, 6.07) is 12.9. The number of nitrogens with one attached hydrogen (secondary N) is 2. The predicted octanol–water partition coefficient (Wildman–Crippen LogP) is 4.37. The number of amides is 2. The van der Waals surface area contributed by atoms with Crippen molar-refractivity contribution in [2.75, 3.05) is 50.5 Å². The molecule has 3 rings (SSSR count). The van der Waals surface area contributed by atoms with Crippen LogP contribution in [0.1, 0.15) is 46.4 Å². The lowest BCUT2D eigenvalue weighted by Crippen LogP contribution is -2.33. The van der Waals surface area contributed by atoms with Gasteiger partial charge in [0.2, 0.25) is 0 Å². The van der Waals surface area contributed by atoms with Crippen molar-refractivity contribution in [3.63, 3.8) is 0 Å². The Kier molecular flexibility index (Phi) is 8.49. The summed E-state index contributed by atoms with van der Waals surface area (Å²) in [5, 5.41) is 5.98. The molecule has 2 aromatic carbocycles. The fourth-order valence-electron chi connectivity index (χ4n) is 3.74. The van der Waals surface area contributed by atoms with Crippen molar-refractivity contribution in [3.8, 4) is 0 Å². The molecule has 1 heterocycles. The lowest BCUT2D eigenvalue weighted by molar-refractivity contribution is 0.0951. The molecule has 2 amide bonds. The summed E-state index contributed by atoms with van der Waals surface area (Å²) in [5.41, 5.74) is 2.71. The topological polar surface area (TPSA) is 64.7 Å². The van der Waals surface area contributed by atoms with E-state index in [0.717, 1.165) is 49.1 Å². The summed E-state index contributed by atoms with van der Waals surface area (Å²) in [7, 11) is 4.04. The van der Waals surface area contributed by atoms with Gasteiger partial charge in [-0.2, -0.15) is 0 Å². The summed E-state index contributed by atoms with van der Waals surface area (Å²) in [4.78, 5) is 30.1. The summed E-state index contributed by atoms with van der Waals surface area (Å²) in [6.07, 6.45) is 4.37. The third kappa shape index (κ3) is 6.55. The van der Waals surface area contributed by atoms with Crippen LogP contribution in [-0.2, 0) is 0 Å². The Bertz CT molecular complexity index is 910. The Morgan fingerprint density at radius 3 is 2.45 bits per heavy atom. The molecule has 1 fully saturated rings. The van der Waals surface area contributed by atoms with E-state index in [1.165, 1.54) is 6.42 Å². The third-order valence-electron chi connectivity index (χ3n) is 5.38. The zero-order valence-electron chi connectivity index (χ0n) is 18.3. The van der Waals surface area contributed by atoms with Gasteiger partial charge in [0.15, 0.2) is 0 Å². The van der Waals surface area contributed by atoms with Crippen molar-refractivity contribution in [1.82, 2.24) is 10.2 Å². The largest absolute Gasteiger partial charge is 0.371 e. The van der Waals surface area contributed by atoms with Gasteiger partial charge in [-0.25, -0.2) is 0 Å². The van der Waals surface area contributed by atoms with Crippen LogP contribution in [0.4, 0.5) is 11.4 Å². The lowest BCUT2D eigenvalue weighted by atomic mass is 10.1. The maximum atomic E-state index is 13.0. The molecule has 0 saturated carbocycles. The zero-order valence-corrected chi connectivity index (χ0v) is 19.9. The van der Waals surface area contributed by atoms with Crippen LogP contribution in [0.3, 0.4) is 0 Å². The molecular weight excluding hydrogens is 456 g/mol. The number of halogens is 1. The Morgan fingerprint density at radius 1 is 1.00 bits per heavy atom. The highest BCUT2D eigenvalue weighted by Gasteiger charge is 2.20. The highest BCUT2D eigenvalue weighted by molar-refractivity contribution is 9.10. The molecule has 0 radical (unpaired) electrons. The molecule has 1 aliphatic rings. The molecule has 0 aliphatic carbocycles. The van der Waals surface area contributed by atoms with Crippen LogP contribution in [0.15, 0.2) is 46.9 Å². The minimum Gasteiger partial charge on any atom is -0.371 e. The number of carbonyl (C=O) groups is 2. The summed E-state index contributed by atoms with van der Waals surface area (Å²) >= 11 is 3.42. The van der Waals surface area contributed by atoms with E-state index in [2.05, 4.69) is 36.4 Å². The average Bonchev–Trinajstić information content (AvgIpc) is 2.77. The first-order valence-electron chi connectivity index (χ1n) is 10.8. The van der Waals surface area contributed by atoms with Crippen LogP contribution in [0.2, 0.25) is 0 Å². The molecular formula is C24H31BrN4O2. The van der Waals surface area contributed by atoms with E-state index in [9.17, 15) is 9.59 Å². The van der Waals surface area contributed by atoms with Crippen LogP contribution < -0.4 is 15.5 Å². The van der Waals surface area contributed by atoms with E-state index < -0.39 is 0 Å². The molecule has 0 spiro atoms. The zero-order chi connectivity index (χ0) is 22.2. The number of rotatable bonds is 8. The van der Waals surface area contributed by atoms with Crippen molar-refractivity contribution in [3.05, 3.63) is 58.1 Å². The highest BCUT2D eigenvalue weighted by atomic mass is 79.9. The average molecular weight is 487 g/mol. The molecule has 7 heteroatoms. The standard InChI is InChI=1S/C24H31BrN4O2/c1-28(2)14-8-13-26-23(30)20-17-18(11-12-22(20)29-15-6-3-7-16-29)27-24(31)19-9-4-5-10-21(19)25/h4-5,9-12,17H,3,6-8,13-16H2,1-2H3,(H,26,30)(H,27,31). The van der Waals surface area contributed by atoms with Gasteiger partial charge in [-0.05, 0) is 92.6 Å². The second-order valence-electron chi connectivity index (χ2n) is 8.13. The molecule has 0 aromatic heterocycles. The van der Waals surface area contributed by atoms with Crippen LogP contribution in [0, 0.1) is 0 Å². The first-order valence-corrected chi connectivity index (χ1v) is 11.6. The van der Waals surface area contributed by atoms with E-state index in [1.807, 2.05) is 44.4 Å². The Labute approximate surface area is 193 Å². The van der Waals surface area contributed by atoms with Crippen molar-refractivity contribution in [2.45, 2.75) is 25.7 Å². The Balaban J connectivity index is 1.79. The van der Waals surface area contributed by atoms with Crippen molar-refractivity contribution in [2.24, 2.45) is 0 Å². The number of anilines is 2. The van der Waals surface area contributed by atoms with Crippen molar-refractivity contribution in [1.29, 1.82) is 0 Å². The molecule has 2 N–H and O–H groups in total. The lowest BCUT2D eigenvalue weighted by Gasteiger charge is -2.30. The molecule has 6 nitrogen and oxygen atoms in total. The molecule has 166 valence electrons. The molecule has 1 saturated heterocycles. The van der Waals surface area contributed by atoms with Gasteiger partial charge >= 0.3 is 0 Å². The Hall–Kier alpha value is -2.38. The molecule has 0 bridgehead atoms. The molecule has 2 aromatic rings. The smallest absolute Gasteiger partial charge is 0.256 e. The van der Waals surface area contributed by atoms with E-state index in [1.54, 1.807) is 12.1 Å². The molecule has 1 aliphatic heterocycles. The van der Waals surface area contributed by atoms with Gasteiger partial charge in [-0.15, -0.1) is 0 Å². The normalized spacial score (nSPS) is 13.9.